The van der Waals surface area contributed by atoms with E-state index in [9.17, 15) is 0 Å². The van der Waals surface area contributed by atoms with Gasteiger partial charge in [-0.1, -0.05) is 33.8 Å². The van der Waals surface area contributed by atoms with E-state index in [-0.39, 0.29) is 0 Å². The normalized spacial score (nSPS) is 9.57. The van der Waals surface area contributed by atoms with Crippen LogP contribution in [0.5, 0.6) is 0 Å². The van der Waals surface area contributed by atoms with Crippen molar-refractivity contribution in [2.24, 2.45) is 0 Å². The minimum absolute atomic E-state index is 0.643. The molecule has 0 saturated carbocycles. The second-order valence-corrected chi connectivity index (χ2v) is 3.22. The molecule has 0 saturated heterocycles. The van der Waals surface area contributed by atoms with E-state index in [4.69, 9.17) is 0 Å². The lowest BCUT2D eigenvalue weighted by atomic mass is 9.99. The Hall–Kier alpha value is -0.850. The molecule has 0 aliphatic heterocycles. The van der Waals surface area contributed by atoms with E-state index in [1.54, 1.807) is 0 Å². The van der Waals surface area contributed by atoms with Gasteiger partial charge < -0.3 is 0 Å². The summed E-state index contributed by atoms with van der Waals surface area (Å²) >= 11 is 0. The zero-order valence-corrected chi connectivity index (χ0v) is 10.2. The van der Waals surface area contributed by atoms with Crippen LogP contribution in [0.25, 0.3) is 0 Å². The summed E-state index contributed by atoms with van der Waals surface area (Å²) in [5, 5.41) is 0. The fraction of sp³-hybridized carbons (Fsp3) is 0.615. The minimum atomic E-state index is 0.643. The lowest BCUT2D eigenvalue weighted by Gasteiger charge is -2.11. The quantitative estimate of drug-likeness (QED) is 0.696. The second-order valence-electron chi connectivity index (χ2n) is 3.22. The van der Waals surface area contributed by atoms with Gasteiger partial charge in [0.05, 0.1) is 0 Å². The molecule has 0 spiro atoms. The lowest BCUT2D eigenvalue weighted by Crippen LogP contribution is -1.99. The molecule has 0 N–H and O–H groups in total. The Labute approximate surface area is 88.6 Å². The first kappa shape index (κ1) is 13.2. The van der Waals surface area contributed by atoms with Crippen LogP contribution in [-0.2, 0) is 0 Å². The molecule has 1 aromatic rings. The summed E-state index contributed by atoms with van der Waals surface area (Å²) in [5.41, 5.74) is 2.37. The molecule has 0 radical (unpaired) electrons. The van der Waals surface area contributed by atoms with E-state index in [0.29, 0.717) is 5.92 Å². The Kier molecular flexibility index (Phi) is 7.09. The summed E-state index contributed by atoms with van der Waals surface area (Å²) in [5.74, 6) is 0.643. The number of aryl methyl sites for hydroxylation is 1. The summed E-state index contributed by atoms with van der Waals surface area (Å²) in [7, 11) is 0. The molecule has 1 nitrogen and oxygen atoms in total. The summed E-state index contributed by atoms with van der Waals surface area (Å²) in [6.45, 7) is 10.5. The van der Waals surface area contributed by atoms with Crippen LogP contribution in [0, 0.1) is 6.92 Å². The van der Waals surface area contributed by atoms with Gasteiger partial charge in [-0.05, 0) is 31.9 Å². The molecule has 1 heteroatoms. The van der Waals surface area contributed by atoms with Gasteiger partial charge in [-0.15, -0.1) is 0 Å². The molecule has 14 heavy (non-hydrogen) atoms. The Morgan fingerprint density at radius 1 is 1.14 bits per heavy atom. The van der Waals surface area contributed by atoms with Crippen molar-refractivity contribution in [2.75, 3.05) is 0 Å². The predicted molar refractivity (Wildman–Crippen MR) is 63.6 cm³/mol. The second kappa shape index (κ2) is 7.54. The van der Waals surface area contributed by atoms with Gasteiger partial charge in [-0.3, -0.25) is 4.98 Å². The first-order chi connectivity index (χ1) is 6.77. The molecule has 0 aliphatic carbocycles. The highest BCUT2D eigenvalue weighted by Crippen LogP contribution is 2.20. The number of hydrogen-bond acceptors (Lipinski definition) is 1. The third-order valence-electron chi connectivity index (χ3n) is 2.31. The number of pyridine rings is 1. The van der Waals surface area contributed by atoms with Crippen LogP contribution in [0.1, 0.15) is 57.8 Å². The molecular weight excluding hydrogens is 170 g/mol. The Morgan fingerprint density at radius 2 is 1.71 bits per heavy atom. The van der Waals surface area contributed by atoms with E-state index in [0.717, 1.165) is 5.69 Å². The topological polar surface area (TPSA) is 12.9 Å². The van der Waals surface area contributed by atoms with Crippen molar-refractivity contribution in [3.63, 3.8) is 0 Å². The van der Waals surface area contributed by atoms with Crippen LogP contribution in [-0.4, -0.2) is 4.98 Å². The molecule has 0 bridgehead atoms. The highest BCUT2D eigenvalue weighted by Gasteiger charge is 2.07. The van der Waals surface area contributed by atoms with Crippen molar-refractivity contribution in [2.45, 2.75) is 53.4 Å². The summed E-state index contributed by atoms with van der Waals surface area (Å²) in [4.78, 5) is 4.52. The number of nitrogens with zero attached hydrogens (tertiary/aromatic N) is 1. The summed E-state index contributed by atoms with van der Waals surface area (Å²) in [6, 6.07) is 6.27. The van der Waals surface area contributed by atoms with Crippen LogP contribution in [0.15, 0.2) is 18.2 Å². The van der Waals surface area contributed by atoms with Gasteiger partial charge in [0, 0.05) is 17.3 Å². The van der Waals surface area contributed by atoms with Gasteiger partial charge in [0.15, 0.2) is 0 Å². The van der Waals surface area contributed by atoms with Crippen LogP contribution < -0.4 is 0 Å². The van der Waals surface area contributed by atoms with E-state index in [1.165, 1.54) is 18.5 Å². The van der Waals surface area contributed by atoms with Crippen LogP contribution >= 0.6 is 0 Å². The average Bonchev–Trinajstić information content (AvgIpc) is 2.23. The fourth-order valence-electron chi connectivity index (χ4n) is 1.50. The van der Waals surface area contributed by atoms with Crippen molar-refractivity contribution in [3.8, 4) is 0 Å². The van der Waals surface area contributed by atoms with E-state index in [2.05, 4.69) is 31.0 Å². The fourth-order valence-corrected chi connectivity index (χ4v) is 1.50. The lowest BCUT2D eigenvalue weighted by molar-refractivity contribution is 0.621. The molecule has 0 atom stereocenters. The third-order valence-corrected chi connectivity index (χ3v) is 2.31. The molecule has 80 valence electrons. The third kappa shape index (κ3) is 3.91. The van der Waals surface area contributed by atoms with Crippen LogP contribution in [0.4, 0.5) is 0 Å². The van der Waals surface area contributed by atoms with E-state index < -0.39 is 0 Å². The van der Waals surface area contributed by atoms with Crippen molar-refractivity contribution in [1.82, 2.24) is 4.98 Å². The van der Waals surface area contributed by atoms with Gasteiger partial charge in [0.25, 0.3) is 0 Å². The molecule has 0 unspecified atom stereocenters. The largest absolute Gasteiger partial charge is 0.258 e. The van der Waals surface area contributed by atoms with E-state index in [1.807, 2.05) is 26.8 Å². The highest BCUT2D eigenvalue weighted by molar-refractivity contribution is 5.13. The maximum atomic E-state index is 4.52. The Morgan fingerprint density at radius 3 is 2.14 bits per heavy atom. The van der Waals surface area contributed by atoms with Crippen molar-refractivity contribution in [3.05, 3.63) is 29.6 Å². The van der Waals surface area contributed by atoms with E-state index >= 15 is 0 Å². The molecule has 0 fully saturated rings. The zero-order chi connectivity index (χ0) is 11.0. The van der Waals surface area contributed by atoms with Gasteiger partial charge in [-0.2, -0.15) is 0 Å². The Balaban J connectivity index is 0.000000791. The molecule has 0 aromatic carbocycles. The van der Waals surface area contributed by atoms with Crippen LogP contribution in [0.3, 0.4) is 0 Å². The smallest absolute Gasteiger partial charge is 0.0437 e. The zero-order valence-electron chi connectivity index (χ0n) is 10.2. The first-order valence-corrected chi connectivity index (χ1v) is 5.71. The molecule has 1 aromatic heterocycles. The average molecular weight is 193 g/mol. The molecule has 1 heterocycles. The first-order valence-electron chi connectivity index (χ1n) is 5.71. The molecule has 1 rings (SSSR count). The molecule has 0 aliphatic rings. The molecule has 0 amide bonds. The van der Waals surface area contributed by atoms with Crippen molar-refractivity contribution < 1.29 is 0 Å². The maximum absolute atomic E-state index is 4.52. The van der Waals surface area contributed by atoms with Crippen LogP contribution in [0.2, 0.25) is 0 Å². The monoisotopic (exact) mass is 193 g/mol. The SMILES string of the molecule is CC.CCC(CC)c1cccc(C)n1. The van der Waals surface area contributed by atoms with Gasteiger partial charge >= 0.3 is 0 Å². The summed E-state index contributed by atoms with van der Waals surface area (Å²) in [6.07, 6.45) is 2.37. The predicted octanol–water partition coefficient (Wildman–Crippen LogP) is 4.32. The van der Waals surface area contributed by atoms with Gasteiger partial charge in [0.2, 0.25) is 0 Å². The number of hydrogen-bond donors (Lipinski definition) is 0. The maximum Gasteiger partial charge on any atom is 0.0437 e. The minimum Gasteiger partial charge on any atom is -0.258 e. The number of rotatable bonds is 3. The highest BCUT2D eigenvalue weighted by atomic mass is 14.7. The summed E-state index contributed by atoms with van der Waals surface area (Å²) < 4.78 is 0. The molecular formula is C13H23N. The van der Waals surface area contributed by atoms with Crippen molar-refractivity contribution in [1.29, 1.82) is 0 Å². The Bertz CT molecular complexity index is 239. The number of aromatic nitrogens is 1. The van der Waals surface area contributed by atoms with Crippen molar-refractivity contribution >= 4 is 0 Å². The van der Waals surface area contributed by atoms with Gasteiger partial charge in [-0.25, -0.2) is 0 Å². The van der Waals surface area contributed by atoms with Gasteiger partial charge in [0.1, 0.15) is 0 Å². The standard InChI is InChI=1S/C11H17N.C2H6/c1-4-10(5-2)11-8-6-7-9(3)12-11;1-2/h6-8,10H,4-5H2,1-3H3;1-2H3.